The van der Waals surface area contributed by atoms with E-state index < -0.39 is 23.2 Å². The number of ketones is 2. The van der Waals surface area contributed by atoms with Crippen molar-refractivity contribution >= 4 is 11.6 Å². The van der Waals surface area contributed by atoms with Gasteiger partial charge in [-0.1, -0.05) is 24.3 Å². The highest BCUT2D eigenvalue weighted by Gasteiger charge is 2.30. The number of carbonyl (C=O) groups excluding carboxylic acids is 2. The van der Waals surface area contributed by atoms with Crippen molar-refractivity contribution in [3.63, 3.8) is 0 Å². The minimum atomic E-state index is -1.13. The molecule has 0 aromatic heterocycles. The topological polar surface area (TPSA) is 34.1 Å². The van der Waals surface area contributed by atoms with Gasteiger partial charge in [-0.3, -0.25) is 9.59 Å². The molecule has 1 aliphatic carbocycles. The van der Waals surface area contributed by atoms with Crippen LogP contribution in [0.4, 0.5) is 8.78 Å². The van der Waals surface area contributed by atoms with E-state index in [4.69, 9.17) is 0 Å². The van der Waals surface area contributed by atoms with Crippen LogP contribution in [0.3, 0.4) is 0 Å². The summed E-state index contributed by atoms with van der Waals surface area (Å²) in [6, 6.07) is 7.80. The molecule has 2 aromatic rings. The molecule has 0 atom stereocenters. The first kappa shape index (κ1) is 10.8. The molecule has 88 valence electrons. The smallest absolute Gasteiger partial charge is 0.194 e. The minimum Gasteiger partial charge on any atom is -0.289 e. The van der Waals surface area contributed by atoms with Gasteiger partial charge in [-0.05, 0) is 12.1 Å². The third-order valence-corrected chi connectivity index (χ3v) is 2.97. The highest BCUT2D eigenvalue weighted by molar-refractivity contribution is 6.28. The number of hydrogen-bond acceptors (Lipinski definition) is 2. The molecule has 0 fully saturated rings. The molecular weight excluding hydrogens is 238 g/mol. The summed E-state index contributed by atoms with van der Waals surface area (Å²) in [6.45, 7) is 0. The fourth-order valence-corrected chi connectivity index (χ4v) is 2.09. The molecule has 0 aliphatic heterocycles. The summed E-state index contributed by atoms with van der Waals surface area (Å²) < 4.78 is 26.3. The Morgan fingerprint density at radius 2 is 1.06 bits per heavy atom. The molecule has 0 heterocycles. The number of carbonyl (C=O) groups is 2. The van der Waals surface area contributed by atoms with E-state index in [1.807, 2.05) is 0 Å². The Balaban J connectivity index is 2.34. The molecule has 0 saturated carbocycles. The summed E-state index contributed by atoms with van der Waals surface area (Å²) in [7, 11) is 0. The van der Waals surface area contributed by atoms with Crippen LogP contribution in [0, 0.1) is 11.6 Å². The molecule has 0 amide bonds. The van der Waals surface area contributed by atoms with Crippen molar-refractivity contribution in [2.75, 3.05) is 0 Å². The van der Waals surface area contributed by atoms with Gasteiger partial charge in [-0.2, -0.15) is 0 Å². The fourth-order valence-electron chi connectivity index (χ4n) is 2.09. The predicted octanol–water partition coefficient (Wildman–Crippen LogP) is 2.74. The van der Waals surface area contributed by atoms with Crippen LogP contribution in [0.2, 0.25) is 0 Å². The number of fused-ring (bicyclic) bond motifs is 2. The zero-order valence-electron chi connectivity index (χ0n) is 9.04. The van der Waals surface area contributed by atoms with E-state index in [-0.39, 0.29) is 22.3 Å². The molecule has 0 N–H and O–H groups in total. The van der Waals surface area contributed by atoms with Crippen LogP contribution >= 0.6 is 0 Å². The van der Waals surface area contributed by atoms with Crippen LogP contribution in [0.5, 0.6) is 0 Å². The van der Waals surface area contributed by atoms with Crippen molar-refractivity contribution in [2.24, 2.45) is 0 Å². The van der Waals surface area contributed by atoms with Gasteiger partial charge in [-0.15, -0.1) is 0 Å². The Labute approximate surface area is 101 Å². The van der Waals surface area contributed by atoms with Gasteiger partial charge in [0, 0.05) is 22.3 Å². The summed E-state index contributed by atoms with van der Waals surface area (Å²) in [6.07, 6.45) is 0. The SMILES string of the molecule is O=C1c2ccccc2C(=O)c2cc(F)c(F)cc21. The molecule has 18 heavy (non-hydrogen) atoms. The molecule has 0 bridgehead atoms. The molecule has 2 aromatic carbocycles. The van der Waals surface area contributed by atoms with Gasteiger partial charge in [0.25, 0.3) is 0 Å². The lowest BCUT2D eigenvalue weighted by Crippen LogP contribution is -2.21. The molecular formula is C14H6F2O2. The van der Waals surface area contributed by atoms with E-state index in [0.717, 1.165) is 12.1 Å². The maximum absolute atomic E-state index is 13.1. The first-order valence-corrected chi connectivity index (χ1v) is 5.27. The normalized spacial score (nSPS) is 13.2. The summed E-state index contributed by atoms with van der Waals surface area (Å²) >= 11 is 0. The van der Waals surface area contributed by atoms with Crippen LogP contribution in [0.15, 0.2) is 36.4 Å². The fraction of sp³-hybridized carbons (Fsp3) is 0. The third-order valence-electron chi connectivity index (χ3n) is 2.97. The quantitative estimate of drug-likeness (QED) is 0.609. The van der Waals surface area contributed by atoms with E-state index in [0.29, 0.717) is 0 Å². The van der Waals surface area contributed by atoms with Gasteiger partial charge in [0.2, 0.25) is 0 Å². The minimum absolute atomic E-state index is 0.0856. The number of rotatable bonds is 0. The van der Waals surface area contributed by atoms with Crippen molar-refractivity contribution < 1.29 is 18.4 Å². The Bertz CT molecular complexity index is 645. The molecule has 2 nitrogen and oxygen atoms in total. The van der Waals surface area contributed by atoms with Crippen molar-refractivity contribution in [2.45, 2.75) is 0 Å². The van der Waals surface area contributed by atoms with E-state index in [9.17, 15) is 18.4 Å². The van der Waals surface area contributed by atoms with E-state index in [2.05, 4.69) is 0 Å². The maximum Gasteiger partial charge on any atom is 0.194 e. The average Bonchev–Trinajstić information content (AvgIpc) is 2.38. The highest BCUT2D eigenvalue weighted by Crippen LogP contribution is 2.28. The van der Waals surface area contributed by atoms with Gasteiger partial charge in [0.05, 0.1) is 0 Å². The summed E-state index contributed by atoms with van der Waals surface area (Å²) in [5.74, 6) is -3.18. The predicted molar refractivity (Wildman–Crippen MR) is 59.7 cm³/mol. The number of benzene rings is 2. The second kappa shape index (κ2) is 3.57. The summed E-state index contributed by atoms with van der Waals surface area (Å²) in [5.41, 5.74) is 0.275. The second-order valence-electron chi connectivity index (χ2n) is 4.02. The van der Waals surface area contributed by atoms with Gasteiger partial charge >= 0.3 is 0 Å². The Kier molecular flexibility index (Phi) is 2.13. The van der Waals surface area contributed by atoms with Crippen LogP contribution in [-0.4, -0.2) is 11.6 Å². The van der Waals surface area contributed by atoms with Crippen LogP contribution in [-0.2, 0) is 0 Å². The number of halogens is 2. The first-order chi connectivity index (χ1) is 8.59. The highest BCUT2D eigenvalue weighted by atomic mass is 19.2. The van der Waals surface area contributed by atoms with Crippen LogP contribution < -0.4 is 0 Å². The zero-order chi connectivity index (χ0) is 12.9. The first-order valence-electron chi connectivity index (χ1n) is 5.27. The summed E-state index contributed by atoms with van der Waals surface area (Å²) in [4.78, 5) is 24.2. The molecule has 0 radical (unpaired) electrons. The Morgan fingerprint density at radius 3 is 1.44 bits per heavy atom. The molecule has 0 unspecified atom stereocenters. The third kappa shape index (κ3) is 1.32. The van der Waals surface area contributed by atoms with Crippen molar-refractivity contribution in [1.29, 1.82) is 0 Å². The lowest BCUT2D eigenvalue weighted by Gasteiger charge is -2.17. The van der Waals surface area contributed by atoms with Gasteiger partial charge in [-0.25, -0.2) is 8.78 Å². The van der Waals surface area contributed by atoms with Crippen molar-refractivity contribution in [3.05, 3.63) is 70.3 Å². The maximum atomic E-state index is 13.1. The number of hydrogen-bond donors (Lipinski definition) is 0. The molecule has 4 heteroatoms. The van der Waals surface area contributed by atoms with Crippen LogP contribution in [0.1, 0.15) is 31.8 Å². The van der Waals surface area contributed by atoms with Gasteiger partial charge in [0.15, 0.2) is 23.2 Å². The molecule has 0 saturated heterocycles. The van der Waals surface area contributed by atoms with Gasteiger partial charge in [0.1, 0.15) is 0 Å². The Morgan fingerprint density at radius 1 is 0.667 bits per heavy atom. The van der Waals surface area contributed by atoms with Crippen LogP contribution in [0.25, 0.3) is 0 Å². The average molecular weight is 244 g/mol. The van der Waals surface area contributed by atoms with Crippen molar-refractivity contribution in [3.8, 4) is 0 Å². The van der Waals surface area contributed by atoms with Crippen molar-refractivity contribution in [1.82, 2.24) is 0 Å². The molecule has 0 spiro atoms. The lowest BCUT2D eigenvalue weighted by molar-refractivity contribution is 0.0978. The Hall–Kier alpha value is -2.36. The van der Waals surface area contributed by atoms with E-state index in [1.165, 1.54) is 12.1 Å². The zero-order valence-corrected chi connectivity index (χ0v) is 9.04. The van der Waals surface area contributed by atoms with E-state index >= 15 is 0 Å². The second-order valence-corrected chi connectivity index (χ2v) is 4.02. The van der Waals surface area contributed by atoms with Gasteiger partial charge < -0.3 is 0 Å². The standard InChI is InChI=1S/C14H6F2O2/c15-11-5-9-10(6-12(11)16)14(18)8-4-2-1-3-7(8)13(9)17/h1-6H. The summed E-state index contributed by atoms with van der Waals surface area (Å²) in [5, 5.41) is 0. The van der Waals surface area contributed by atoms with E-state index in [1.54, 1.807) is 12.1 Å². The monoisotopic (exact) mass is 244 g/mol. The lowest BCUT2D eigenvalue weighted by atomic mass is 9.84. The molecule has 3 rings (SSSR count). The largest absolute Gasteiger partial charge is 0.289 e. The molecule has 1 aliphatic rings.